The first-order valence-corrected chi connectivity index (χ1v) is 9.18. The van der Waals surface area contributed by atoms with Crippen LogP contribution in [0.3, 0.4) is 0 Å². The van der Waals surface area contributed by atoms with E-state index in [1.54, 1.807) is 0 Å². The number of piperazine rings is 1. The van der Waals surface area contributed by atoms with Gasteiger partial charge in [0.1, 0.15) is 0 Å². The highest BCUT2D eigenvalue weighted by Crippen LogP contribution is 2.29. The third-order valence-corrected chi connectivity index (χ3v) is 6.48. The number of thiophene rings is 1. The Bertz CT molecular complexity index is 401. The molecule has 2 fully saturated rings. The highest BCUT2D eigenvalue weighted by Gasteiger charge is 2.28. The maximum absolute atomic E-state index is 3.76. The summed E-state index contributed by atoms with van der Waals surface area (Å²) in [6.07, 6.45) is 7.22. The maximum atomic E-state index is 3.76. The second kappa shape index (κ2) is 6.70. The van der Waals surface area contributed by atoms with E-state index >= 15 is 0 Å². The average Bonchev–Trinajstić information content (AvgIpc) is 2.86. The molecule has 2 heterocycles. The van der Waals surface area contributed by atoms with Crippen molar-refractivity contribution in [3.8, 4) is 0 Å². The van der Waals surface area contributed by atoms with Gasteiger partial charge < -0.3 is 5.32 Å². The fourth-order valence-electron chi connectivity index (χ4n) is 3.48. The smallest absolute Gasteiger partial charge is 0.0340 e. The molecule has 1 unspecified atom stereocenters. The molecule has 1 aliphatic carbocycles. The van der Waals surface area contributed by atoms with Gasteiger partial charge in [-0.25, -0.2) is 0 Å². The Morgan fingerprint density at radius 3 is 2.89 bits per heavy atom. The number of hydrogen-bond acceptors (Lipinski definition) is 3. The van der Waals surface area contributed by atoms with E-state index in [1.165, 1.54) is 54.5 Å². The van der Waals surface area contributed by atoms with E-state index in [0.717, 1.165) is 25.0 Å². The summed E-state index contributed by atoms with van der Waals surface area (Å²) in [4.78, 5) is 4.11. The third-order valence-electron chi connectivity index (χ3n) is 4.57. The molecule has 2 nitrogen and oxygen atoms in total. The van der Waals surface area contributed by atoms with Crippen molar-refractivity contribution in [1.29, 1.82) is 0 Å². The lowest BCUT2D eigenvalue weighted by molar-refractivity contribution is 0.142. The van der Waals surface area contributed by atoms with Gasteiger partial charge in [0.25, 0.3) is 0 Å². The Balaban J connectivity index is 1.57. The van der Waals surface area contributed by atoms with Crippen LogP contribution in [0.4, 0.5) is 0 Å². The van der Waals surface area contributed by atoms with Crippen molar-refractivity contribution in [1.82, 2.24) is 10.2 Å². The Morgan fingerprint density at radius 1 is 1.32 bits per heavy atom. The minimum atomic E-state index is 0.729. The third kappa shape index (κ3) is 3.60. The summed E-state index contributed by atoms with van der Waals surface area (Å²) in [6, 6.07) is 2.90. The molecule has 0 aromatic carbocycles. The van der Waals surface area contributed by atoms with Crippen molar-refractivity contribution in [3.05, 3.63) is 20.8 Å². The van der Waals surface area contributed by atoms with Crippen molar-refractivity contribution in [2.75, 3.05) is 19.6 Å². The standard InChI is InChI=1S/C15H23BrN2S/c16-13-6-9-19-15(13)11-18-8-7-17-14(10-18)12-4-2-1-3-5-12/h6,9,12,14,17H,1-5,7-8,10-11H2. The lowest BCUT2D eigenvalue weighted by Crippen LogP contribution is -2.53. The summed E-state index contributed by atoms with van der Waals surface area (Å²) in [5.74, 6) is 0.920. The maximum Gasteiger partial charge on any atom is 0.0340 e. The molecule has 3 rings (SSSR count). The summed E-state index contributed by atoms with van der Waals surface area (Å²) >= 11 is 5.52. The molecular formula is C15H23BrN2S. The molecule has 106 valence electrons. The van der Waals surface area contributed by atoms with Gasteiger partial charge in [-0.2, -0.15) is 0 Å². The first-order valence-electron chi connectivity index (χ1n) is 7.50. The number of nitrogens with zero attached hydrogens (tertiary/aromatic N) is 1. The van der Waals surface area contributed by atoms with Crippen LogP contribution in [0, 0.1) is 5.92 Å². The van der Waals surface area contributed by atoms with Crippen LogP contribution in [-0.4, -0.2) is 30.6 Å². The van der Waals surface area contributed by atoms with Gasteiger partial charge in [-0.05, 0) is 46.1 Å². The van der Waals surface area contributed by atoms with Crippen LogP contribution >= 0.6 is 27.3 Å². The van der Waals surface area contributed by atoms with Gasteiger partial charge in [0, 0.05) is 41.6 Å². The van der Waals surface area contributed by atoms with Gasteiger partial charge in [0.2, 0.25) is 0 Å². The highest BCUT2D eigenvalue weighted by molar-refractivity contribution is 9.10. The summed E-state index contributed by atoms with van der Waals surface area (Å²) < 4.78 is 1.28. The van der Waals surface area contributed by atoms with E-state index in [4.69, 9.17) is 0 Å². The van der Waals surface area contributed by atoms with Gasteiger partial charge in [0.05, 0.1) is 0 Å². The predicted molar refractivity (Wildman–Crippen MR) is 85.7 cm³/mol. The van der Waals surface area contributed by atoms with E-state index in [9.17, 15) is 0 Å². The minimum Gasteiger partial charge on any atom is -0.311 e. The molecular weight excluding hydrogens is 320 g/mol. The SMILES string of the molecule is Brc1ccsc1CN1CCNC(C2CCCCC2)C1. The molecule has 2 aliphatic rings. The lowest BCUT2D eigenvalue weighted by atomic mass is 9.83. The van der Waals surface area contributed by atoms with E-state index in [2.05, 4.69) is 37.6 Å². The van der Waals surface area contributed by atoms with Gasteiger partial charge >= 0.3 is 0 Å². The first kappa shape index (κ1) is 14.1. The van der Waals surface area contributed by atoms with Crippen molar-refractivity contribution >= 4 is 27.3 Å². The number of halogens is 1. The van der Waals surface area contributed by atoms with Gasteiger partial charge in [0.15, 0.2) is 0 Å². The van der Waals surface area contributed by atoms with Crippen LogP contribution in [-0.2, 0) is 6.54 Å². The zero-order valence-corrected chi connectivity index (χ0v) is 13.8. The van der Waals surface area contributed by atoms with Crippen LogP contribution in [0.15, 0.2) is 15.9 Å². The van der Waals surface area contributed by atoms with Crippen molar-refractivity contribution in [2.24, 2.45) is 5.92 Å². The van der Waals surface area contributed by atoms with E-state index in [0.29, 0.717) is 0 Å². The van der Waals surface area contributed by atoms with E-state index in [-0.39, 0.29) is 0 Å². The van der Waals surface area contributed by atoms with Gasteiger partial charge in [-0.15, -0.1) is 11.3 Å². The Hall–Kier alpha value is 0.1000. The van der Waals surface area contributed by atoms with Crippen LogP contribution in [0.5, 0.6) is 0 Å². The molecule has 0 radical (unpaired) electrons. The fourth-order valence-corrected chi connectivity index (χ4v) is 5.00. The lowest BCUT2D eigenvalue weighted by Gasteiger charge is -2.39. The first-order chi connectivity index (χ1) is 9.33. The molecule has 0 spiro atoms. The summed E-state index contributed by atoms with van der Waals surface area (Å²) in [7, 11) is 0. The number of nitrogens with one attached hydrogen (secondary N) is 1. The molecule has 0 bridgehead atoms. The molecule has 1 aromatic rings. The molecule has 1 aliphatic heterocycles. The number of rotatable bonds is 3. The summed E-state index contributed by atoms with van der Waals surface area (Å²) in [5.41, 5.74) is 0. The van der Waals surface area contributed by atoms with E-state index in [1.807, 2.05) is 11.3 Å². The van der Waals surface area contributed by atoms with Crippen LogP contribution < -0.4 is 5.32 Å². The van der Waals surface area contributed by atoms with Gasteiger partial charge in [-0.3, -0.25) is 4.90 Å². The Labute approximate surface area is 128 Å². The summed E-state index contributed by atoms with van der Waals surface area (Å²) in [6.45, 7) is 4.69. The Morgan fingerprint density at radius 2 is 2.16 bits per heavy atom. The Kier molecular flexibility index (Phi) is 4.96. The minimum absolute atomic E-state index is 0.729. The largest absolute Gasteiger partial charge is 0.311 e. The molecule has 1 atom stereocenters. The zero-order valence-electron chi connectivity index (χ0n) is 11.4. The van der Waals surface area contributed by atoms with Gasteiger partial charge in [-0.1, -0.05) is 19.3 Å². The number of hydrogen-bond donors (Lipinski definition) is 1. The van der Waals surface area contributed by atoms with Crippen molar-refractivity contribution < 1.29 is 0 Å². The zero-order chi connectivity index (χ0) is 13.1. The monoisotopic (exact) mass is 342 g/mol. The quantitative estimate of drug-likeness (QED) is 0.896. The van der Waals surface area contributed by atoms with Crippen LogP contribution in [0.2, 0.25) is 0 Å². The van der Waals surface area contributed by atoms with Crippen LogP contribution in [0.1, 0.15) is 37.0 Å². The van der Waals surface area contributed by atoms with Crippen molar-refractivity contribution in [2.45, 2.75) is 44.7 Å². The molecule has 1 aromatic heterocycles. The average molecular weight is 343 g/mol. The highest BCUT2D eigenvalue weighted by atomic mass is 79.9. The molecule has 1 N–H and O–H groups in total. The van der Waals surface area contributed by atoms with Crippen LogP contribution in [0.25, 0.3) is 0 Å². The predicted octanol–water partition coefficient (Wildman–Crippen LogP) is 3.86. The molecule has 19 heavy (non-hydrogen) atoms. The topological polar surface area (TPSA) is 15.3 Å². The van der Waals surface area contributed by atoms with Crippen molar-refractivity contribution in [3.63, 3.8) is 0 Å². The molecule has 4 heteroatoms. The second-order valence-electron chi connectivity index (χ2n) is 5.89. The normalized spacial score (nSPS) is 26.7. The molecule has 1 saturated carbocycles. The summed E-state index contributed by atoms with van der Waals surface area (Å²) in [5, 5.41) is 5.94. The molecule has 1 saturated heterocycles. The van der Waals surface area contributed by atoms with E-state index < -0.39 is 0 Å². The molecule has 0 amide bonds. The fraction of sp³-hybridized carbons (Fsp3) is 0.733. The second-order valence-corrected chi connectivity index (χ2v) is 7.74.